The predicted molar refractivity (Wildman–Crippen MR) is 71.7 cm³/mol. The van der Waals surface area contributed by atoms with Gasteiger partial charge in [0, 0.05) is 5.56 Å². The fourth-order valence-corrected chi connectivity index (χ4v) is 1.53. The summed E-state index contributed by atoms with van der Waals surface area (Å²) in [5.74, 6) is -0.00936. The minimum absolute atomic E-state index is 0.0825. The molecule has 2 rings (SSSR count). The van der Waals surface area contributed by atoms with Crippen molar-refractivity contribution in [3.63, 3.8) is 0 Å². The first-order valence-corrected chi connectivity index (χ1v) is 6.11. The fraction of sp³-hybridized carbons (Fsp3) is 0.231. The summed E-state index contributed by atoms with van der Waals surface area (Å²) in [5.41, 5.74) is 1.60. The first-order valence-electron chi connectivity index (χ1n) is 6.11. The molecular weight excluding hydrogens is 258 g/mol. The fourth-order valence-electron chi connectivity index (χ4n) is 1.53. The lowest BCUT2D eigenvalue weighted by atomic mass is 10.1. The third kappa shape index (κ3) is 3.91. The number of carbonyl (C=O) groups is 2. The van der Waals surface area contributed by atoms with E-state index in [1.165, 1.54) is 6.33 Å². The summed E-state index contributed by atoms with van der Waals surface area (Å²) < 4.78 is 0. The standard InChI is InChI=1S/C13H15N5O2/c1-9-2-4-10(5-3-9)13(20)15-7-12(19)14-6-11-16-8-17-18-11/h2-5,8H,6-7H2,1H3,(H,14,19)(H,15,20)(H,16,17,18). The molecule has 1 heterocycles. The van der Waals surface area contributed by atoms with Crippen LogP contribution in [0.4, 0.5) is 0 Å². The first kappa shape index (κ1) is 13.7. The van der Waals surface area contributed by atoms with Gasteiger partial charge in [-0.25, -0.2) is 4.98 Å². The van der Waals surface area contributed by atoms with E-state index in [1.54, 1.807) is 12.1 Å². The second kappa shape index (κ2) is 6.46. The molecule has 0 radical (unpaired) electrons. The Balaban J connectivity index is 1.75. The average Bonchev–Trinajstić information content (AvgIpc) is 2.96. The van der Waals surface area contributed by atoms with Crippen molar-refractivity contribution < 1.29 is 9.59 Å². The number of aryl methyl sites for hydroxylation is 1. The summed E-state index contributed by atoms with van der Waals surface area (Å²) in [6.07, 6.45) is 1.36. The van der Waals surface area contributed by atoms with E-state index >= 15 is 0 Å². The second-order valence-corrected chi connectivity index (χ2v) is 4.26. The van der Waals surface area contributed by atoms with E-state index in [0.717, 1.165) is 5.56 Å². The van der Waals surface area contributed by atoms with E-state index in [0.29, 0.717) is 11.4 Å². The molecule has 0 atom stereocenters. The van der Waals surface area contributed by atoms with Gasteiger partial charge in [-0.2, -0.15) is 5.10 Å². The van der Waals surface area contributed by atoms with Gasteiger partial charge in [-0.05, 0) is 19.1 Å². The number of hydrogen-bond donors (Lipinski definition) is 3. The molecule has 2 aromatic rings. The van der Waals surface area contributed by atoms with Crippen LogP contribution in [0.15, 0.2) is 30.6 Å². The van der Waals surface area contributed by atoms with Gasteiger partial charge in [0.05, 0.1) is 13.1 Å². The zero-order valence-corrected chi connectivity index (χ0v) is 11.0. The van der Waals surface area contributed by atoms with Crippen LogP contribution >= 0.6 is 0 Å². The van der Waals surface area contributed by atoms with Crippen molar-refractivity contribution in [2.24, 2.45) is 0 Å². The smallest absolute Gasteiger partial charge is 0.251 e. The monoisotopic (exact) mass is 273 g/mol. The van der Waals surface area contributed by atoms with E-state index in [2.05, 4.69) is 25.8 Å². The van der Waals surface area contributed by atoms with Crippen molar-refractivity contribution in [3.8, 4) is 0 Å². The van der Waals surface area contributed by atoms with Crippen LogP contribution < -0.4 is 10.6 Å². The van der Waals surface area contributed by atoms with Gasteiger partial charge >= 0.3 is 0 Å². The maximum absolute atomic E-state index is 11.8. The number of nitrogens with one attached hydrogen (secondary N) is 3. The molecule has 0 spiro atoms. The molecule has 3 N–H and O–H groups in total. The lowest BCUT2D eigenvalue weighted by Gasteiger charge is -2.06. The molecule has 0 bridgehead atoms. The number of aromatic amines is 1. The van der Waals surface area contributed by atoms with Gasteiger partial charge < -0.3 is 10.6 Å². The molecule has 2 amide bonds. The van der Waals surface area contributed by atoms with Crippen LogP contribution in [0, 0.1) is 6.92 Å². The van der Waals surface area contributed by atoms with Crippen LogP contribution in [-0.2, 0) is 11.3 Å². The number of carbonyl (C=O) groups excluding carboxylic acids is 2. The highest BCUT2D eigenvalue weighted by molar-refractivity contribution is 5.96. The topological polar surface area (TPSA) is 99.8 Å². The molecule has 0 unspecified atom stereocenters. The number of hydrogen-bond acceptors (Lipinski definition) is 4. The molecule has 0 fully saturated rings. The highest BCUT2D eigenvalue weighted by atomic mass is 16.2. The number of nitrogens with zero attached hydrogens (tertiary/aromatic N) is 2. The van der Waals surface area contributed by atoms with E-state index in [1.807, 2.05) is 19.1 Å². The minimum atomic E-state index is -0.290. The van der Waals surface area contributed by atoms with Gasteiger partial charge in [0.2, 0.25) is 5.91 Å². The van der Waals surface area contributed by atoms with Gasteiger partial charge in [-0.1, -0.05) is 17.7 Å². The van der Waals surface area contributed by atoms with E-state index in [4.69, 9.17) is 0 Å². The molecule has 0 saturated heterocycles. The van der Waals surface area contributed by atoms with Crippen LogP contribution in [0.1, 0.15) is 21.7 Å². The highest BCUT2D eigenvalue weighted by Gasteiger charge is 2.07. The Morgan fingerprint density at radius 3 is 2.60 bits per heavy atom. The van der Waals surface area contributed by atoms with Crippen LogP contribution in [0.25, 0.3) is 0 Å². The largest absolute Gasteiger partial charge is 0.347 e. The Morgan fingerprint density at radius 1 is 1.20 bits per heavy atom. The zero-order chi connectivity index (χ0) is 14.4. The molecular formula is C13H15N5O2. The summed E-state index contributed by atoms with van der Waals surface area (Å²) in [6.45, 7) is 2.11. The Morgan fingerprint density at radius 2 is 1.95 bits per heavy atom. The van der Waals surface area contributed by atoms with Gasteiger partial charge in [0.25, 0.3) is 5.91 Å². The van der Waals surface area contributed by atoms with Crippen molar-refractivity contribution in [2.45, 2.75) is 13.5 Å². The second-order valence-electron chi connectivity index (χ2n) is 4.26. The zero-order valence-electron chi connectivity index (χ0n) is 11.0. The number of rotatable bonds is 5. The van der Waals surface area contributed by atoms with Crippen LogP contribution in [0.5, 0.6) is 0 Å². The molecule has 104 valence electrons. The molecule has 7 heteroatoms. The molecule has 20 heavy (non-hydrogen) atoms. The van der Waals surface area contributed by atoms with Gasteiger partial charge in [0.15, 0.2) is 0 Å². The predicted octanol–water partition coefficient (Wildman–Crippen LogP) is 0.159. The highest BCUT2D eigenvalue weighted by Crippen LogP contribution is 2.02. The SMILES string of the molecule is Cc1ccc(C(=O)NCC(=O)NCc2ncn[nH]2)cc1. The van der Waals surface area contributed by atoms with Crippen LogP contribution in [0.3, 0.4) is 0 Å². The van der Waals surface area contributed by atoms with Crippen molar-refractivity contribution in [1.29, 1.82) is 0 Å². The Kier molecular flexibility index (Phi) is 4.43. The summed E-state index contributed by atoms with van der Waals surface area (Å²) >= 11 is 0. The van der Waals surface area contributed by atoms with E-state index in [9.17, 15) is 9.59 Å². The Hall–Kier alpha value is -2.70. The minimum Gasteiger partial charge on any atom is -0.347 e. The molecule has 0 aliphatic rings. The Bertz CT molecular complexity index is 577. The van der Waals surface area contributed by atoms with Gasteiger partial charge in [-0.3, -0.25) is 14.7 Å². The van der Waals surface area contributed by atoms with Crippen molar-refractivity contribution in [1.82, 2.24) is 25.8 Å². The molecule has 0 aliphatic carbocycles. The molecule has 0 aliphatic heterocycles. The van der Waals surface area contributed by atoms with Crippen LogP contribution in [-0.4, -0.2) is 33.5 Å². The first-order chi connectivity index (χ1) is 9.65. The van der Waals surface area contributed by atoms with Gasteiger partial charge in [-0.15, -0.1) is 0 Å². The number of amides is 2. The number of aromatic nitrogens is 3. The average molecular weight is 273 g/mol. The van der Waals surface area contributed by atoms with Crippen molar-refractivity contribution >= 4 is 11.8 Å². The lowest BCUT2D eigenvalue weighted by Crippen LogP contribution is -2.36. The Labute approximate surface area is 115 Å². The molecule has 7 nitrogen and oxygen atoms in total. The van der Waals surface area contributed by atoms with Crippen molar-refractivity contribution in [2.75, 3.05) is 6.54 Å². The lowest BCUT2D eigenvalue weighted by molar-refractivity contribution is -0.120. The number of H-pyrrole nitrogens is 1. The molecule has 0 saturated carbocycles. The summed E-state index contributed by atoms with van der Waals surface area (Å²) in [5, 5.41) is 11.5. The summed E-state index contributed by atoms with van der Waals surface area (Å²) in [6, 6.07) is 7.13. The normalized spacial score (nSPS) is 10.1. The number of benzene rings is 1. The van der Waals surface area contributed by atoms with Gasteiger partial charge in [0.1, 0.15) is 12.2 Å². The third-order valence-electron chi connectivity index (χ3n) is 2.64. The third-order valence-corrected chi connectivity index (χ3v) is 2.64. The maximum atomic E-state index is 11.8. The molecule has 1 aromatic carbocycles. The van der Waals surface area contributed by atoms with Crippen molar-refractivity contribution in [3.05, 3.63) is 47.5 Å². The summed E-state index contributed by atoms with van der Waals surface area (Å²) in [7, 11) is 0. The van der Waals surface area contributed by atoms with Crippen LogP contribution in [0.2, 0.25) is 0 Å². The van der Waals surface area contributed by atoms with E-state index in [-0.39, 0.29) is 24.9 Å². The maximum Gasteiger partial charge on any atom is 0.251 e. The quantitative estimate of drug-likeness (QED) is 0.722. The van der Waals surface area contributed by atoms with E-state index < -0.39 is 0 Å². The molecule has 1 aromatic heterocycles. The summed E-state index contributed by atoms with van der Waals surface area (Å²) in [4.78, 5) is 27.2.